The molecule has 158 valence electrons. The van der Waals surface area contributed by atoms with Crippen LogP contribution in [0.2, 0.25) is 0 Å². The van der Waals surface area contributed by atoms with Gasteiger partial charge in [-0.05, 0) is 32.9 Å². The molecule has 0 bridgehead atoms. The standard InChI is InChI=1S/C22H28N6O2/c1-16-13-19(25-30-16)14-26-9-11-27(12-10-26)15-21(29)23-22-17(2)24-28(18(22)3)20-7-5-4-6-8-20/h4-8,13H,9-12,14-15H2,1-3H3,(H,23,29). The summed E-state index contributed by atoms with van der Waals surface area (Å²) in [6.07, 6.45) is 0. The summed E-state index contributed by atoms with van der Waals surface area (Å²) >= 11 is 0. The molecule has 1 aliphatic rings. The number of carbonyl (C=O) groups is 1. The molecular formula is C22H28N6O2. The molecule has 0 saturated carbocycles. The Bertz CT molecular complexity index is 1000. The molecule has 8 heteroatoms. The van der Waals surface area contributed by atoms with Gasteiger partial charge in [-0.3, -0.25) is 14.6 Å². The molecule has 1 amide bonds. The zero-order chi connectivity index (χ0) is 21.1. The van der Waals surface area contributed by atoms with Crippen molar-refractivity contribution in [2.75, 3.05) is 38.0 Å². The summed E-state index contributed by atoms with van der Waals surface area (Å²) in [7, 11) is 0. The van der Waals surface area contributed by atoms with Gasteiger partial charge in [0, 0.05) is 38.8 Å². The Morgan fingerprint density at radius 1 is 1.07 bits per heavy atom. The normalized spacial score (nSPS) is 15.4. The van der Waals surface area contributed by atoms with Gasteiger partial charge < -0.3 is 9.84 Å². The van der Waals surface area contributed by atoms with E-state index in [9.17, 15) is 4.79 Å². The lowest BCUT2D eigenvalue weighted by molar-refractivity contribution is -0.117. The van der Waals surface area contributed by atoms with Crippen LogP contribution in [0.4, 0.5) is 5.69 Å². The number of nitrogens with zero attached hydrogens (tertiary/aromatic N) is 5. The number of nitrogens with one attached hydrogen (secondary N) is 1. The van der Waals surface area contributed by atoms with Crippen LogP contribution in [0.3, 0.4) is 0 Å². The topological polar surface area (TPSA) is 79.4 Å². The predicted octanol–water partition coefficient (Wildman–Crippen LogP) is 2.54. The van der Waals surface area contributed by atoms with Crippen molar-refractivity contribution in [3.63, 3.8) is 0 Å². The first kappa shape index (κ1) is 20.3. The summed E-state index contributed by atoms with van der Waals surface area (Å²) in [4.78, 5) is 17.2. The lowest BCUT2D eigenvalue weighted by Crippen LogP contribution is -2.48. The molecule has 3 aromatic rings. The summed E-state index contributed by atoms with van der Waals surface area (Å²) in [5.41, 5.74) is 4.48. The summed E-state index contributed by atoms with van der Waals surface area (Å²) in [6.45, 7) is 10.5. The second-order valence-electron chi connectivity index (χ2n) is 7.82. The fraction of sp³-hybridized carbons (Fsp3) is 0.409. The fourth-order valence-corrected chi connectivity index (χ4v) is 3.85. The van der Waals surface area contributed by atoms with Crippen LogP contribution in [0, 0.1) is 20.8 Å². The third-order valence-corrected chi connectivity index (χ3v) is 5.45. The van der Waals surface area contributed by atoms with Crippen molar-refractivity contribution in [3.8, 4) is 5.69 Å². The molecule has 2 aromatic heterocycles. The molecule has 0 spiro atoms. The Morgan fingerprint density at radius 2 is 1.77 bits per heavy atom. The van der Waals surface area contributed by atoms with E-state index in [4.69, 9.17) is 4.52 Å². The van der Waals surface area contributed by atoms with Gasteiger partial charge >= 0.3 is 0 Å². The number of rotatable bonds is 6. The lowest BCUT2D eigenvalue weighted by atomic mass is 10.2. The second kappa shape index (κ2) is 8.81. The minimum absolute atomic E-state index is 0.00520. The number of hydrogen-bond acceptors (Lipinski definition) is 6. The summed E-state index contributed by atoms with van der Waals surface area (Å²) in [5, 5.41) is 11.7. The number of aromatic nitrogens is 3. The van der Waals surface area contributed by atoms with Gasteiger partial charge in [-0.2, -0.15) is 5.10 Å². The van der Waals surface area contributed by atoms with Gasteiger partial charge in [0.2, 0.25) is 5.91 Å². The zero-order valence-electron chi connectivity index (χ0n) is 17.8. The Labute approximate surface area is 176 Å². The molecule has 1 aromatic carbocycles. The van der Waals surface area contributed by atoms with Crippen molar-refractivity contribution >= 4 is 11.6 Å². The lowest BCUT2D eigenvalue weighted by Gasteiger charge is -2.33. The van der Waals surface area contributed by atoms with Crippen LogP contribution >= 0.6 is 0 Å². The number of para-hydroxylation sites is 1. The predicted molar refractivity (Wildman–Crippen MR) is 115 cm³/mol. The van der Waals surface area contributed by atoms with E-state index in [0.29, 0.717) is 6.54 Å². The largest absolute Gasteiger partial charge is 0.361 e. The van der Waals surface area contributed by atoms with Crippen molar-refractivity contribution in [1.29, 1.82) is 0 Å². The maximum atomic E-state index is 12.7. The monoisotopic (exact) mass is 408 g/mol. The summed E-state index contributed by atoms with van der Waals surface area (Å²) < 4.78 is 7.01. The average Bonchev–Trinajstić information content (AvgIpc) is 3.27. The molecule has 0 unspecified atom stereocenters. The highest BCUT2D eigenvalue weighted by Crippen LogP contribution is 2.22. The molecular weight excluding hydrogens is 380 g/mol. The fourth-order valence-electron chi connectivity index (χ4n) is 3.85. The van der Waals surface area contributed by atoms with Crippen LogP contribution in [0.15, 0.2) is 40.9 Å². The van der Waals surface area contributed by atoms with Gasteiger partial charge in [0.25, 0.3) is 0 Å². The molecule has 1 fully saturated rings. The molecule has 1 saturated heterocycles. The van der Waals surface area contributed by atoms with Gasteiger partial charge in [-0.15, -0.1) is 0 Å². The number of hydrogen-bond donors (Lipinski definition) is 1. The number of carbonyl (C=O) groups excluding carboxylic acids is 1. The smallest absolute Gasteiger partial charge is 0.238 e. The van der Waals surface area contributed by atoms with Crippen molar-refractivity contribution in [3.05, 3.63) is 59.2 Å². The summed E-state index contributed by atoms with van der Waals surface area (Å²) in [5.74, 6) is 0.830. The van der Waals surface area contributed by atoms with Crippen molar-refractivity contribution in [1.82, 2.24) is 24.7 Å². The van der Waals surface area contributed by atoms with Crippen LogP contribution in [0.25, 0.3) is 5.69 Å². The third kappa shape index (κ3) is 4.60. The van der Waals surface area contributed by atoms with Gasteiger partial charge in [0.15, 0.2) is 0 Å². The van der Waals surface area contributed by atoms with Crippen molar-refractivity contribution in [2.24, 2.45) is 0 Å². The van der Waals surface area contributed by atoms with E-state index < -0.39 is 0 Å². The van der Waals surface area contributed by atoms with Crippen LogP contribution in [0.5, 0.6) is 0 Å². The average molecular weight is 409 g/mol. The molecule has 0 aliphatic carbocycles. The van der Waals surface area contributed by atoms with Crippen LogP contribution in [-0.2, 0) is 11.3 Å². The first-order valence-electron chi connectivity index (χ1n) is 10.3. The molecule has 8 nitrogen and oxygen atoms in total. The Hall–Kier alpha value is -2.97. The van der Waals surface area contributed by atoms with E-state index >= 15 is 0 Å². The van der Waals surface area contributed by atoms with E-state index in [0.717, 1.165) is 66.9 Å². The number of benzene rings is 1. The molecule has 3 heterocycles. The number of aryl methyl sites for hydroxylation is 2. The van der Waals surface area contributed by atoms with Crippen LogP contribution in [-0.4, -0.2) is 63.4 Å². The highest BCUT2D eigenvalue weighted by Gasteiger charge is 2.21. The van der Waals surface area contributed by atoms with E-state index in [1.807, 2.05) is 61.9 Å². The Balaban J connectivity index is 1.31. The molecule has 1 N–H and O–H groups in total. The quantitative estimate of drug-likeness (QED) is 0.675. The molecule has 0 radical (unpaired) electrons. The summed E-state index contributed by atoms with van der Waals surface area (Å²) in [6, 6.07) is 11.9. The Kier molecular flexibility index (Phi) is 5.96. The molecule has 1 aliphatic heterocycles. The van der Waals surface area contributed by atoms with Crippen LogP contribution in [0.1, 0.15) is 22.8 Å². The van der Waals surface area contributed by atoms with Crippen molar-refractivity contribution < 1.29 is 9.32 Å². The second-order valence-corrected chi connectivity index (χ2v) is 7.82. The molecule has 0 atom stereocenters. The maximum absolute atomic E-state index is 12.7. The number of piperazine rings is 1. The van der Waals surface area contributed by atoms with Crippen molar-refractivity contribution in [2.45, 2.75) is 27.3 Å². The van der Waals surface area contributed by atoms with Gasteiger partial charge in [0.1, 0.15) is 5.76 Å². The van der Waals surface area contributed by atoms with E-state index in [2.05, 4.69) is 25.4 Å². The zero-order valence-corrected chi connectivity index (χ0v) is 17.8. The number of anilines is 1. The first-order valence-corrected chi connectivity index (χ1v) is 10.3. The SMILES string of the molecule is Cc1cc(CN2CCN(CC(=O)Nc3c(C)nn(-c4ccccc4)c3C)CC2)no1. The molecule has 4 rings (SSSR count). The van der Waals surface area contributed by atoms with E-state index in [-0.39, 0.29) is 5.91 Å². The van der Waals surface area contributed by atoms with Gasteiger partial charge in [-0.25, -0.2) is 4.68 Å². The maximum Gasteiger partial charge on any atom is 0.238 e. The van der Waals surface area contributed by atoms with E-state index in [1.165, 1.54) is 0 Å². The third-order valence-electron chi connectivity index (χ3n) is 5.45. The number of amides is 1. The molecule has 30 heavy (non-hydrogen) atoms. The highest BCUT2D eigenvalue weighted by molar-refractivity contribution is 5.93. The Morgan fingerprint density at radius 3 is 2.43 bits per heavy atom. The van der Waals surface area contributed by atoms with E-state index in [1.54, 1.807) is 0 Å². The minimum Gasteiger partial charge on any atom is -0.361 e. The minimum atomic E-state index is -0.00520. The van der Waals surface area contributed by atoms with Gasteiger partial charge in [-0.1, -0.05) is 23.4 Å². The van der Waals surface area contributed by atoms with Gasteiger partial charge in [0.05, 0.1) is 35.0 Å². The first-order chi connectivity index (χ1) is 14.5. The van der Waals surface area contributed by atoms with Crippen LogP contribution < -0.4 is 5.32 Å². The highest BCUT2D eigenvalue weighted by atomic mass is 16.5.